The first-order chi connectivity index (χ1) is 11.2. The predicted octanol–water partition coefficient (Wildman–Crippen LogP) is 4.03. The van der Waals surface area contributed by atoms with Gasteiger partial charge in [0.05, 0.1) is 20.3 Å². The van der Waals surface area contributed by atoms with E-state index in [1.165, 1.54) is 25.7 Å². The van der Waals surface area contributed by atoms with E-state index in [4.69, 9.17) is 9.47 Å². The van der Waals surface area contributed by atoms with Crippen LogP contribution in [-0.2, 0) is 0 Å². The van der Waals surface area contributed by atoms with Crippen molar-refractivity contribution in [2.45, 2.75) is 52.1 Å². The Kier molecular flexibility index (Phi) is 9.72. The van der Waals surface area contributed by atoms with Gasteiger partial charge in [-0.05, 0) is 50.0 Å². The first kappa shape index (κ1) is 19.8. The molecule has 0 aliphatic carbocycles. The maximum absolute atomic E-state index is 10.5. The van der Waals surface area contributed by atoms with E-state index in [1.54, 1.807) is 14.2 Å². The molecule has 4 nitrogen and oxygen atoms in total. The number of aliphatic hydroxyl groups excluding tert-OH is 1. The van der Waals surface area contributed by atoms with E-state index in [-0.39, 0.29) is 0 Å². The Hall–Kier alpha value is -1.26. The SMILES string of the molecule is CCCCN(CCCC)CCC(O)c1ccc(OC)c(OC)c1. The molecule has 0 fully saturated rings. The van der Waals surface area contributed by atoms with E-state index in [9.17, 15) is 5.11 Å². The fourth-order valence-electron chi connectivity index (χ4n) is 2.63. The summed E-state index contributed by atoms with van der Waals surface area (Å²) in [6.07, 6.45) is 5.12. The van der Waals surface area contributed by atoms with Crippen LogP contribution in [0.1, 0.15) is 57.6 Å². The van der Waals surface area contributed by atoms with Crippen LogP contribution >= 0.6 is 0 Å². The first-order valence-corrected chi connectivity index (χ1v) is 8.78. The molecule has 1 N–H and O–H groups in total. The summed E-state index contributed by atoms with van der Waals surface area (Å²) < 4.78 is 10.6. The lowest BCUT2D eigenvalue weighted by Crippen LogP contribution is -2.28. The first-order valence-electron chi connectivity index (χ1n) is 8.78. The summed E-state index contributed by atoms with van der Waals surface area (Å²) in [5.41, 5.74) is 0.883. The van der Waals surface area contributed by atoms with Crippen LogP contribution in [0.25, 0.3) is 0 Å². The molecule has 1 rings (SSSR count). The lowest BCUT2D eigenvalue weighted by Gasteiger charge is -2.23. The Morgan fingerprint density at radius 3 is 2.09 bits per heavy atom. The van der Waals surface area contributed by atoms with Crippen LogP contribution in [0.2, 0.25) is 0 Å². The van der Waals surface area contributed by atoms with Gasteiger partial charge in [0, 0.05) is 6.54 Å². The number of unbranched alkanes of at least 4 members (excludes halogenated alkanes) is 2. The van der Waals surface area contributed by atoms with Crippen molar-refractivity contribution in [3.63, 3.8) is 0 Å². The molecule has 0 amide bonds. The van der Waals surface area contributed by atoms with Crippen molar-refractivity contribution < 1.29 is 14.6 Å². The largest absolute Gasteiger partial charge is 0.493 e. The highest BCUT2D eigenvalue weighted by molar-refractivity contribution is 5.43. The number of aliphatic hydroxyl groups is 1. The fourth-order valence-corrected chi connectivity index (χ4v) is 2.63. The maximum atomic E-state index is 10.5. The third kappa shape index (κ3) is 6.80. The van der Waals surface area contributed by atoms with E-state index in [1.807, 2.05) is 18.2 Å². The summed E-state index contributed by atoms with van der Waals surface area (Å²) in [5.74, 6) is 1.36. The number of nitrogens with zero attached hydrogens (tertiary/aromatic N) is 1. The smallest absolute Gasteiger partial charge is 0.161 e. The van der Waals surface area contributed by atoms with Gasteiger partial charge in [-0.3, -0.25) is 0 Å². The van der Waals surface area contributed by atoms with Gasteiger partial charge in [0.15, 0.2) is 11.5 Å². The van der Waals surface area contributed by atoms with Gasteiger partial charge >= 0.3 is 0 Å². The van der Waals surface area contributed by atoms with Crippen molar-refractivity contribution in [2.24, 2.45) is 0 Å². The van der Waals surface area contributed by atoms with Gasteiger partial charge < -0.3 is 19.5 Å². The van der Waals surface area contributed by atoms with Gasteiger partial charge in [-0.1, -0.05) is 32.8 Å². The van der Waals surface area contributed by atoms with Crippen molar-refractivity contribution in [1.29, 1.82) is 0 Å². The molecule has 0 saturated heterocycles. The molecule has 0 aromatic heterocycles. The van der Waals surface area contributed by atoms with E-state index in [2.05, 4.69) is 18.7 Å². The van der Waals surface area contributed by atoms with Crippen LogP contribution in [0.4, 0.5) is 0 Å². The van der Waals surface area contributed by atoms with Crippen LogP contribution in [0.5, 0.6) is 11.5 Å². The second-order valence-electron chi connectivity index (χ2n) is 5.97. The minimum absolute atomic E-state index is 0.472. The molecule has 0 spiro atoms. The molecule has 0 aliphatic heterocycles. The van der Waals surface area contributed by atoms with Crippen LogP contribution < -0.4 is 9.47 Å². The number of rotatable bonds is 12. The molecule has 1 aromatic carbocycles. The van der Waals surface area contributed by atoms with Crippen molar-refractivity contribution in [1.82, 2.24) is 4.90 Å². The molecule has 1 atom stereocenters. The third-order valence-corrected chi connectivity index (χ3v) is 4.17. The summed E-state index contributed by atoms with van der Waals surface area (Å²) in [5, 5.41) is 10.5. The van der Waals surface area contributed by atoms with Gasteiger partial charge in [0.2, 0.25) is 0 Å². The summed E-state index contributed by atoms with van der Waals surface area (Å²) in [7, 11) is 3.23. The van der Waals surface area contributed by atoms with E-state index in [0.717, 1.165) is 31.6 Å². The molecule has 0 heterocycles. The molecule has 23 heavy (non-hydrogen) atoms. The van der Waals surface area contributed by atoms with E-state index >= 15 is 0 Å². The average molecular weight is 323 g/mol. The van der Waals surface area contributed by atoms with E-state index in [0.29, 0.717) is 11.5 Å². The number of hydrogen-bond acceptors (Lipinski definition) is 4. The molecule has 0 bridgehead atoms. The summed E-state index contributed by atoms with van der Waals surface area (Å²) in [6.45, 7) is 7.60. The average Bonchev–Trinajstić information content (AvgIpc) is 2.60. The number of ether oxygens (including phenoxy) is 2. The van der Waals surface area contributed by atoms with Crippen molar-refractivity contribution >= 4 is 0 Å². The lowest BCUT2D eigenvalue weighted by atomic mass is 10.1. The topological polar surface area (TPSA) is 41.9 Å². The summed E-state index contributed by atoms with van der Waals surface area (Å²) in [4.78, 5) is 2.47. The molecule has 1 aromatic rings. The molecule has 0 aliphatic rings. The second-order valence-corrected chi connectivity index (χ2v) is 5.97. The quantitative estimate of drug-likeness (QED) is 0.630. The lowest BCUT2D eigenvalue weighted by molar-refractivity contribution is 0.140. The zero-order chi connectivity index (χ0) is 17.1. The maximum Gasteiger partial charge on any atom is 0.161 e. The molecular weight excluding hydrogens is 290 g/mol. The highest BCUT2D eigenvalue weighted by Gasteiger charge is 2.13. The van der Waals surface area contributed by atoms with Crippen molar-refractivity contribution in [3.8, 4) is 11.5 Å². The molecule has 0 radical (unpaired) electrons. The Morgan fingerprint density at radius 1 is 0.957 bits per heavy atom. The molecule has 1 unspecified atom stereocenters. The van der Waals surface area contributed by atoms with Gasteiger partial charge in [-0.2, -0.15) is 0 Å². The fraction of sp³-hybridized carbons (Fsp3) is 0.684. The Balaban J connectivity index is 2.60. The van der Waals surface area contributed by atoms with Crippen molar-refractivity contribution in [2.75, 3.05) is 33.9 Å². The minimum atomic E-state index is -0.472. The zero-order valence-corrected chi connectivity index (χ0v) is 15.2. The second kappa shape index (κ2) is 11.3. The van der Waals surface area contributed by atoms with Crippen LogP contribution in [-0.4, -0.2) is 43.9 Å². The number of methoxy groups -OCH3 is 2. The zero-order valence-electron chi connectivity index (χ0n) is 15.2. The minimum Gasteiger partial charge on any atom is -0.493 e. The summed E-state index contributed by atoms with van der Waals surface area (Å²) >= 11 is 0. The van der Waals surface area contributed by atoms with Gasteiger partial charge in [0.25, 0.3) is 0 Å². The molecule has 0 saturated carbocycles. The molecule has 132 valence electrons. The third-order valence-electron chi connectivity index (χ3n) is 4.17. The van der Waals surface area contributed by atoms with Crippen LogP contribution in [0, 0.1) is 0 Å². The number of benzene rings is 1. The number of hydrogen-bond donors (Lipinski definition) is 1. The molecule has 4 heteroatoms. The van der Waals surface area contributed by atoms with Crippen LogP contribution in [0.15, 0.2) is 18.2 Å². The Labute approximate surface area is 141 Å². The summed E-state index contributed by atoms with van der Waals surface area (Å²) in [6, 6.07) is 5.63. The Morgan fingerprint density at radius 2 is 1.57 bits per heavy atom. The molecular formula is C19H33NO3. The van der Waals surface area contributed by atoms with Crippen LogP contribution in [0.3, 0.4) is 0 Å². The predicted molar refractivity (Wildman–Crippen MR) is 95.4 cm³/mol. The van der Waals surface area contributed by atoms with Gasteiger partial charge in [-0.25, -0.2) is 0 Å². The van der Waals surface area contributed by atoms with Crippen molar-refractivity contribution in [3.05, 3.63) is 23.8 Å². The van der Waals surface area contributed by atoms with Gasteiger partial charge in [-0.15, -0.1) is 0 Å². The van der Waals surface area contributed by atoms with E-state index < -0.39 is 6.10 Å². The highest BCUT2D eigenvalue weighted by Crippen LogP contribution is 2.30. The standard InChI is InChI=1S/C19H33NO3/c1-5-7-12-20(13-8-6-2)14-11-17(21)16-9-10-18(22-3)19(15-16)23-4/h9-10,15,17,21H,5-8,11-14H2,1-4H3. The Bertz CT molecular complexity index is 429. The monoisotopic (exact) mass is 323 g/mol. The van der Waals surface area contributed by atoms with Gasteiger partial charge in [0.1, 0.15) is 0 Å². The highest BCUT2D eigenvalue weighted by atomic mass is 16.5. The normalized spacial score (nSPS) is 12.4.